The third-order valence-corrected chi connectivity index (χ3v) is 4.58. The molecule has 1 N–H and O–H groups in total. The second kappa shape index (κ2) is 6.73. The number of hydrogen-bond donors (Lipinski definition) is 1. The Kier molecular flexibility index (Phi) is 5.20. The zero-order valence-corrected chi connectivity index (χ0v) is 14.1. The molecule has 1 aromatic heterocycles. The summed E-state index contributed by atoms with van der Waals surface area (Å²) in [5, 5.41) is 3.54. The number of nitrogens with one attached hydrogen (secondary N) is 1. The van der Waals surface area contributed by atoms with Gasteiger partial charge in [-0.2, -0.15) is 0 Å². The Morgan fingerprint density at radius 3 is 2.67 bits per heavy atom. The van der Waals surface area contributed by atoms with Gasteiger partial charge in [0.2, 0.25) is 5.95 Å². The summed E-state index contributed by atoms with van der Waals surface area (Å²) < 4.78 is 6.04. The summed E-state index contributed by atoms with van der Waals surface area (Å²) >= 11 is 0. The van der Waals surface area contributed by atoms with Gasteiger partial charge in [0.1, 0.15) is 0 Å². The highest BCUT2D eigenvalue weighted by molar-refractivity contribution is 5.30. The smallest absolute Gasteiger partial charge is 0.223 e. The van der Waals surface area contributed by atoms with Crippen molar-refractivity contribution in [2.24, 2.45) is 0 Å². The molecule has 0 aliphatic carbocycles. The average molecular weight is 291 g/mol. The van der Waals surface area contributed by atoms with Gasteiger partial charge in [0, 0.05) is 24.0 Å². The average Bonchev–Trinajstić information content (AvgIpc) is 2.46. The predicted molar refractivity (Wildman–Crippen MR) is 86.8 cm³/mol. The number of ether oxygens (including phenoxy) is 1. The molecule has 0 saturated carbocycles. The first-order valence-electron chi connectivity index (χ1n) is 8.24. The van der Waals surface area contributed by atoms with E-state index in [1.54, 1.807) is 0 Å². The maximum atomic E-state index is 6.04. The topological polar surface area (TPSA) is 47.0 Å². The van der Waals surface area contributed by atoms with Crippen molar-refractivity contribution < 1.29 is 4.74 Å². The Balaban J connectivity index is 2.11. The first-order valence-corrected chi connectivity index (χ1v) is 8.24. The molecule has 0 radical (unpaired) electrons. The highest BCUT2D eigenvalue weighted by Gasteiger charge is 2.34. The van der Waals surface area contributed by atoms with Gasteiger partial charge in [0.15, 0.2) is 0 Å². The largest absolute Gasteiger partial charge is 0.375 e. The van der Waals surface area contributed by atoms with Gasteiger partial charge in [-0.05, 0) is 44.6 Å². The van der Waals surface area contributed by atoms with Crippen LogP contribution in [0.25, 0.3) is 0 Å². The molecule has 1 atom stereocenters. The molecule has 21 heavy (non-hydrogen) atoms. The molecular formula is C17H29N3O. The van der Waals surface area contributed by atoms with Gasteiger partial charge in [-0.1, -0.05) is 27.7 Å². The lowest BCUT2D eigenvalue weighted by Gasteiger charge is -2.40. The van der Waals surface area contributed by atoms with Crippen molar-refractivity contribution in [1.29, 1.82) is 0 Å². The molecule has 0 aromatic carbocycles. The van der Waals surface area contributed by atoms with E-state index in [1.807, 2.05) is 6.92 Å². The van der Waals surface area contributed by atoms with Crippen LogP contribution in [0.15, 0.2) is 6.07 Å². The first-order chi connectivity index (χ1) is 9.98. The second-order valence-corrected chi connectivity index (χ2v) is 6.49. The van der Waals surface area contributed by atoms with E-state index in [2.05, 4.69) is 49.0 Å². The maximum Gasteiger partial charge on any atom is 0.223 e. The third-order valence-electron chi connectivity index (χ3n) is 4.58. The molecule has 1 unspecified atom stereocenters. The van der Waals surface area contributed by atoms with Gasteiger partial charge in [-0.15, -0.1) is 0 Å². The van der Waals surface area contributed by atoms with Crippen molar-refractivity contribution in [2.75, 3.05) is 11.9 Å². The normalized spacial score (nSPS) is 21.5. The molecule has 1 fully saturated rings. The minimum atomic E-state index is 0.0284. The van der Waals surface area contributed by atoms with Crippen molar-refractivity contribution in [3.63, 3.8) is 0 Å². The van der Waals surface area contributed by atoms with Crippen LogP contribution in [-0.4, -0.2) is 28.2 Å². The van der Waals surface area contributed by atoms with Gasteiger partial charge in [-0.25, -0.2) is 9.97 Å². The summed E-state index contributed by atoms with van der Waals surface area (Å²) in [4.78, 5) is 9.21. The fourth-order valence-corrected chi connectivity index (χ4v) is 3.03. The van der Waals surface area contributed by atoms with Crippen LogP contribution in [0.2, 0.25) is 0 Å². The van der Waals surface area contributed by atoms with Crippen molar-refractivity contribution in [3.05, 3.63) is 17.5 Å². The molecule has 118 valence electrons. The van der Waals surface area contributed by atoms with Crippen molar-refractivity contribution in [2.45, 2.75) is 77.9 Å². The van der Waals surface area contributed by atoms with Crippen LogP contribution >= 0.6 is 0 Å². The Morgan fingerprint density at radius 1 is 1.33 bits per heavy atom. The van der Waals surface area contributed by atoms with E-state index in [-0.39, 0.29) is 5.60 Å². The van der Waals surface area contributed by atoms with E-state index in [0.29, 0.717) is 12.0 Å². The number of nitrogens with zero attached hydrogens (tertiary/aromatic N) is 2. The maximum absolute atomic E-state index is 6.04. The molecule has 0 amide bonds. The number of anilines is 1. The van der Waals surface area contributed by atoms with Crippen LogP contribution in [0.5, 0.6) is 0 Å². The molecule has 1 aromatic rings. The molecule has 2 heterocycles. The number of aryl methyl sites for hydroxylation is 1. The highest BCUT2D eigenvalue weighted by atomic mass is 16.5. The summed E-state index contributed by atoms with van der Waals surface area (Å²) in [5.41, 5.74) is 2.16. The molecule has 1 aliphatic heterocycles. The molecule has 2 rings (SSSR count). The van der Waals surface area contributed by atoms with Crippen LogP contribution in [0.4, 0.5) is 5.95 Å². The Morgan fingerprint density at radius 2 is 2.05 bits per heavy atom. The first kappa shape index (κ1) is 16.2. The van der Waals surface area contributed by atoms with Crippen molar-refractivity contribution in [3.8, 4) is 0 Å². The molecule has 0 bridgehead atoms. The zero-order chi connectivity index (χ0) is 15.5. The molecule has 1 saturated heterocycles. The zero-order valence-electron chi connectivity index (χ0n) is 14.1. The SMILES string of the molecule is CCC1(CC)CC(Nc2nc(C)cc(C(C)C)n2)CCO1. The Hall–Kier alpha value is -1.16. The molecule has 4 heteroatoms. The Bertz CT molecular complexity index is 469. The summed E-state index contributed by atoms with van der Waals surface area (Å²) in [6.45, 7) is 11.6. The second-order valence-electron chi connectivity index (χ2n) is 6.49. The molecule has 4 nitrogen and oxygen atoms in total. The van der Waals surface area contributed by atoms with Crippen LogP contribution in [0.1, 0.15) is 70.7 Å². The lowest BCUT2D eigenvalue weighted by atomic mass is 9.86. The van der Waals surface area contributed by atoms with E-state index in [1.165, 1.54) is 0 Å². The number of aromatic nitrogens is 2. The van der Waals surface area contributed by atoms with Gasteiger partial charge in [-0.3, -0.25) is 0 Å². The van der Waals surface area contributed by atoms with Gasteiger partial charge < -0.3 is 10.1 Å². The van der Waals surface area contributed by atoms with Crippen LogP contribution < -0.4 is 5.32 Å². The monoisotopic (exact) mass is 291 g/mol. The van der Waals surface area contributed by atoms with E-state index in [0.717, 1.165) is 49.6 Å². The predicted octanol–water partition coefficient (Wildman–Crippen LogP) is 4.06. The number of rotatable bonds is 5. The van der Waals surface area contributed by atoms with Crippen LogP contribution in [0.3, 0.4) is 0 Å². The van der Waals surface area contributed by atoms with Crippen molar-refractivity contribution in [1.82, 2.24) is 9.97 Å². The summed E-state index contributed by atoms with van der Waals surface area (Å²) in [6, 6.07) is 2.47. The Labute approximate surface area is 128 Å². The number of hydrogen-bond acceptors (Lipinski definition) is 4. The van der Waals surface area contributed by atoms with E-state index in [4.69, 9.17) is 4.74 Å². The minimum absolute atomic E-state index is 0.0284. The summed E-state index contributed by atoms with van der Waals surface area (Å²) in [6.07, 6.45) is 4.19. The summed E-state index contributed by atoms with van der Waals surface area (Å²) in [7, 11) is 0. The lowest BCUT2D eigenvalue weighted by Crippen LogP contribution is -2.43. The molecule has 0 spiro atoms. The quantitative estimate of drug-likeness (QED) is 0.888. The van der Waals surface area contributed by atoms with Gasteiger partial charge in [0.25, 0.3) is 0 Å². The summed E-state index contributed by atoms with van der Waals surface area (Å²) in [5.74, 6) is 1.19. The van der Waals surface area contributed by atoms with Crippen LogP contribution in [0, 0.1) is 6.92 Å². The fourth-order valence-electron chi connectivity index (χ4n) is 3.03. The molecule has 1 aliphatic rings. The van der Waals surface area contributed by atoms with Gasteiger partial charge >= 0.3 is 0 Å². The van der Waals surface area contributed by atoms with E-state index in [9.17, 15) is 0 Å². The van der Waals surface area contributed by atoms with Crippen LogP contribution in [-0.2, 0) is 4.74 Å². The third kappa shape index (κ3) is 3.94. The highest BCUT2D eigenvalue weighted by Crippen LogP contribution is 2.32. The lowest BCUT2D eigenvalue weighted by molar-refractivity contribution is -0.0865. The fraction of sp³-hybridized carbons (Fsp3) is 0.765. The minimum Gasteiger partial charge on any atom is -0.375 e. The molecular weight excluding hydrogens is 262 g/mol. The standard InChI is InChI=1S/C17H29N3O/c1-6-17(7-2)11-14(8-9-21-17)19-16-18-13(5)10-15(20-16)12(3)4/h10,12,14H,6-9,11H2,1-5H3,(H,18,19,20). The van der Waals surface area contributed by atoms with E-state index >= 15 is 0 Å². The van der Waals surface area contributed by atoms with Crippen molar-refractivity contribution >= 4 is 5.95 Å². The van der Waals surface area contributed by atoms with Gasteiger partial charge in [0.05, 0.1) is 5.60 Å². The van der Waals surface area contributed by atoms with E-state index < -0.39 is 0 Å².